The van der Waals surface area contributed by atoms with E-state index in [2.05, 4.69) is 70.4 Å². The highest BCUT2D eigenvalue weighted by atomic mass is 79.9. The van der Waals surface area contributed by atoms with E-state index in [1.54, 1.807) is 0 Å². The number of pyridine rings is 1. The van der Waals surface area contributed by atoms with Crippen LogP contribution in [-0.2, 0) is 6.42 Å². The SMILES string of the molecule is CCCc1ccc(C(C)Nc2ccc(Br)nc2C)cc1. The van der Waals surface area contributed by atoms with Crippen LogP contribution in [0.2, 0.25) is 0 Å². The van der Waals surface area contributed by atoms with Gasteiger partial charge in [0.2, 0.25) is 0 Å². The van der Waals surface area contributed by atoms with Gasteiger partial charge in [0.15, 0.2) is 0 Å². The Kier molecular flexibility index (Phi) is 5.18. The minimum Gasteiger partial charge on any atom is -0.377 e. The number of hydrogen-bond donors (Lipinski definition) is 1. The van der Waals surface area contributed by atoms with Crippen LogP contribution in [0.25, 0.3) is 0 Å². The maximum absolute atomic E-state index is 4.41. The number of nitrogens with zero attached hydrogens (tertiary/aromatic N) is 1. The van der Waals surface area contributed by atoms with Crippen LogP contribution in [0, 0.1) is 6.92 Å². The van der Waals surface area contributed by atoms with E-state index in [1.807, 2.05) is 13.0 Å². The van der Waals surface area contributed by atoms with Crippen molar-refractivity contribution in [2.45, 2.75) is 39.7 Å². The first-order valence-corrected chi connectivity index (χ1v) is 7.88. The molecule has 0 spiro atoms. The van der Waals surface area contributed by atoms with Crippen molar-refractivity contribution in [1.29, 1.82) is 0 Å². The number of benzene rings is 1. The first kappa shape index (κ1) is 15.0. The van der Waals surface area contributed by atoms with E-state index in [1.165, 1.54) is 17.5 Å². The van der Waals surface area contributed by atoms with Crippen LogP contribution < -0.4 is 5.32 Å². The van der Waals surface area contributed by atoms with Crippen molar-refractivity contribution in [1.82, 2.24) is 4.98 Å². The molecule has 1 N–H and O–H groups in total. The van der Waals surface area contributed by atoms with Crippen LogP contribution in [-0.4, -0.2) is 4.98 Å². The fourth-order valence-corrected chi connectivity index (χ4v) is 2.66. The van der Waals surface area contributed by atoms with Crippen LogP contribution in [0.3, 0.4) is 0 Å². The Hall–Kier alpha value is -1.35. The maximum Gasteiger partial charge on any atom is 0.106 e. The lowest BCUT2D eigenvalue weighted by atomic mass is 10.0. The highest BCUT2D eigenvalue weighted by molar-refractivity contribution is 9.10. The zero-order valence-electron chi connectivity index (χ0n) is 12.3. The minimum absolute atomic E-state index is 0.271. The fourth-order valence-electron chi connectivity index (χ4n) is 2.26. The monoisotopic (exact) mass is 332 g/mol. The fraction of sp³-hybridized carbons (Fsp3) is 0.353. The van der Waals surface area contributed by atoms with Gasteiger partial charge in [0, 0.05) is 6.04 Å². The molecule has 2 rings (SSSR count). The smallest absolute Gasteiger partial charge is 0.106 e. The molecule has 0 aliphatic carbocycles. The second kappa shape index (κ2) is 6.89. The zero-order chi connectivity index (χ0) is 14.5. The van der Waals surface area contributed by atoms with Gasteiger partial charge in [-0.3, -0.25) is 0 Å². The Bertz CT molecular complexity index is 564. The van der Waals surface area contributed by atoms with Crippen LogP contribution in [0.5, 0.6) is 0 Å². The van der Waals surface area contributed by atoms with Crippen molar-refractivity contribution in [3.63, 3.8) is 0 Å². The molecule has 0 amide bonds. The third kappa shape index (κ3) is 3.83. The predicted octanol–water partition coefficient (Wildman–Crippen LogP) is 5.28. The number of aryl methyl sites for hydroxylation is 2. The Morgan fingerprint density at radius 1 is 1.15 bits per heavy atom. The van der Waals surface area contributed by atoms with Gasteiger partial charge in [-0.25, -0.2) is 4.98 Å². The molecule has 2 aromatic rings. The average Bonchev–Trinajstić information content (AvgIpc) is 2.43. The van der Waals surface area contributed by atoms with Gasteiger partial charge in [0.25, 0.3) is 0 Å². The Balaban J connectivity index is 2.09. The van der Waals surface area contributed by atoms with Gasteiger partial charge < -0.3 is 5.32 Å². The topological polar surface area (TPSA) is 24.9 Å². The Morgan fingerprint density at radius 2 is 1.85 bits per heavy atom. The summed E-state index contributed by atoms with van der Waals surface area (Å²) in [5.74, 6) is 0. The van der Waals surface area contributed by atoms with Crippen LogP contribution >= 0.6 is 15.9 Å². The molecule has 1 atom stereocenters. The highest BCUT2D eigenvalue weighted by Crippen LogP contribution is 2.23. The summed E-state index contributed by atoms with van der Waals surface area (Å²) in [6.45, 7) is 6.40. The van der Waals surface area contributed by atoms with E-state index in [0.717, 1.165) is 22.4 Å². The molecule has 0 aliphatic rings. The molecule has 106 valence electrons. The maximum atomic E-state index is 4.41. The van der Waals surface area contributed by atoms with E-state index in [9.17, 15) is 0 Å². The molecule has 1 heterocycles. The minimum atomic E-state index is 0.271. The highest BCUT2D eigenvalue weighted by Gasteiger charge is 2.07. The number of nitrogens with one attached hydrogen (secondary N) is 1. The summed E-state index contributed by atoms with van der Waals surface area (Å²) in [6.07, 6.45) is 2.34. The van der Waals surface area contributed by atoms with Gasteiger partial charge in [0.05, 0.1) is 11.4 Å². The summed E-state index contributed by atoms with van der Waals surface area (Å²) in [5.41, 5.74) is 4.80. The van der Waals surface area contributed by atoms with Crippen LogP contribution in [0.1, 0.15) is 43.1 Å². The second-order valence-electron chi connectivity index (χ2n) is 5.12. The molecule has 20 heavy (non-hydrogen) atoms. The van der Waals surface area contributed by atoms with Crippen molar-refractivity contribution in [2.75, 3.05) is 5.32 Å². The summed E-state index contributed by atoms with van der Waals surface area (Å²) < 4.78 is 0.872. The standard InChI is InChI=1S/C17H21BrN2/c1-4-5-14-6-8-15(9-7-14)12(2)19-16-10-11-17(18)20-13(16)3/h6-12,19H,4-5H2,1-3H3. The molecule has 0 fully saturated rings. The molecule has 2 nitrogen and oxygen atoms in total. The Labute approximate surface area is 129 Å². The lowest BCUT2D eigenvalue weighted by Crippen LogP contribution is -2.08. The van der Waals surface area contributed by atoms with Crippen LogP contribution in [0.4, 0.5) is 5.69 Å². The molecular formula is C17H21BrN2. The second-order valence-corrected chi connectivity index (χ2v) is 5.94. The number of halogens is 1. The molecule has 1 aromatic heterocycles. The van der Waals surface area contributed by atoms with Gasteiger partial charge >= 0.3 is 0 Å². The lowest BCUT2D eigenvalue weighted by molar-refractivity contribution is 0.871. The van der Waals surface area contributed by atoms with Gasteiger partial charge in [-0.2, -0.15) is 0 Å². The van der Waals surface area contributed by atoms with E-state index in [4.69, 9.17) is 0 Å². The summed E-state index contributed by atoms with van der Waals surface area (Å²) in [6, 6.07) is 13.2. The summed E-state index contributed by atoms with van der Waals surface area (Å²) >= 11 is 3.39. The lowest BCUT2D eigenvalue weighted by Gasteiger charge is -2.17. The molecule has 0 bridgehead atoms. The quantitative estimate of drug-likeness (QED) is 0.753. The molecule has 0 saturated carbocycles. The van der Waals surface area contributed by atoms with Gasteiger partial charge in [-0.1, -0.05) is 37.6 Å². The third-order valence-corrected chi connectivity index (χ3v) is 3.88. The Morgan fingerprint density at radius 3 is 2.45 bits per heavy atom. The van der Waals surface area contributed by atoms with Crippen molar-refractivity contribution in [3.05, 3.63) is 57.8 Å². The molecule has 1 aromatic carbocycles. The van der Waals surface area contributed by atoms with Crippen LogP contribution in [0.15, 0.2) is 41.0 Å². The van der Waals surface area contributed by atoms with Crippen molar-refractivity contribution in [3.8, 4) is 0 Å². The van der Waals surface area contributed by atoms with Gasteiger partial charge in [-0.15, -0.1) is 0 Å². The first-order chi connectivity index (χ1) is 9.60. The third-order valence-electron chi connectivity index (χ3n) is 3.44. The molecule has 0 saturated heterocycles. The van der Waals surface area contributed by atoms with E-state index >= 15 is 0 Å². The number of aromatic nitrogens is 1. The van der Waals surface area contributed by atoms with E-state index < -0.39 is 0 Å². The molecule has 1 unspecified atom stereocenters. The van der Waals surface area contributed by atoms with E-state index in [-0.39, 0.29) is 6.04 Å². The predicted molar refractivity (Wildman–Crippen MR) is 89.1 cm³/mol. The molecular weight excluding hydrogens is 312 g/mol. The largest absolute Gasteiger partial charge is 0.377 e. The normalized spacial score (nSPS) is 12.2. The first-order valence-electron chi connectivity index (χ1n) is 7.08. The summed E-state index contributed by atoms with van der Waals surface area (Å²) in [4.78, 5) is 4.41. The van der Waals surface area contributed by atoms with Crippen molar-refractivity contribution in [2.24, 2.45) is 0 Å². The molecule has 0 radical (unpaired) electrons. The van der Waals surface area contributed by atoms with Crippen molar-refractivity contribution < 1.29 is 0 Å². The number of hydrogen-bond acceptors (Lipinski definition) is 2. The number of anilines is 1. The summed E-state index contributed by atoms with van der Waals surface area (Å²) in [5, 5.41) is 3.52. The molecule has 3 heteroatoms. The van der Waals surface area contributed by atoms with Gasteiger partial charge in [-0.05, 0) is 59.5 Å². The zero-order valence-corrected chi connectivity index (χ0v) is 13.9. The van der Waals surface area contributed by atoms with Gasteiger partial charge in [0.1, 0.15) is 4.60 Å². The number of rotatable bonds is 5. The molecule has 0 aliphatic heterocycles. The average molecular weight is 333 g/mol. The summed E-state index contributed by atoms with van der Waals surface area (Å²) in [7, 11) is 0. The van der Waals surface area contributed by atoms with E-state index in [0.29, 0.717) is 0 Å². The van der Waals surface area contributed by atoms with Crippen molar-refractivity contribution >= 4 is 21.6 Å².